The van der Waals surface area contributed by atoms with E-state index in [1.54, 1.807) is 25.3 Å². The second-order valence-electron chi connectivity index (χ2n) is 5.06. The molecule has 0 aliphatic heterocycles. The first-order valence-corrected chi connectivity index (χ1v) is 7.46. The number of anilines is 1. The molecule has 0 aromatic heterocycles. The lowest BCUT2D eigenvalue weighted by molar-refractivity contribution is -0.119. The largest absolute Gasteiger partial charge is 0.495 e. The summed E-state index contributed by atoms with van der Waals surface area (Å²) in [6.07, 6.45) is 0. The molecule has 23 heavy (non-hydrogen) atoms. The standard InChI is InChI=1S/C17H18ClFN2O2/c1-11-7-15(16(23-2)8-14(11)18)20-10-17(22)21-9-12-3-5-13(19)6-4-12/h3-8,20H,9-10H2,1-2H3,(H,21,22). The molecule has 6 heteroatoms. The Morgan fingerprint density at radius 1 is 1.26 bits per heavy atom. The smallest absolute Gasteiger partial charge is 0.239 e. The molecular weight excluding hydrogens is 319 g/mol. The molecule has 0 atom stereocenters. The fraction of sp³-hybridized carbons (Fsp3) is 0.235. The molecule has 0 saturated heterocycles. The maximum atomic E-state index is 12.8. The maximum Gasteiger partial charge on any atom is 0.239 e. The molecule has 4 nitrogen and oxygen atoms in total. The average molecular weight is 337 g/mol. The highest BCUT2D eigenvalue weighted by molar-refractivity contribution is 6.31. The summed E-state index contributed by atoms with van der Waals surface area (Å²) < 4.78 is 18.0. The lowest BCUT2D eigenvalue weighted by Gasteiger charge is -2.13. The Balaban J connectivity index is 1.89. The Labute approximate surface area is 139 Å². The molecule has 2 aromatic carbocycles. The van der Waals surface area contributed by atoms with E-state index in [4.69, 9.17) is 16.3 Å². The summed E-state index contributed by atoms with van der Waals surface area (Å²) in [6.45, 7) is 2.32. The summed E-state index contributed by atoms with van der Waals surface area (Å²) in [7, 11) is 1.54. The van der Waals surface area contributed by atoms with Crippen molar-refractivity contribution in [2.24, 2.45) is 0 Å². The lowest BCUT2D eigenvalue weighted by atomic mass is 10.2. The van der Waals surface area contributed by atoms with Gasteiger partial charge in [0.2, 0.25) is 5.91 Å². The highest BCUT2D eigenvalue weighted by atomic mass is 35.5. The highest BCUT2D eigenvalue weighted by Crippen LogP contribution is 2.30. The van der Waals surface area contributed by atoms with E-state index in [2.05, 4.69) is 10.6 Å². The van der Waals surface area contributed by atoms with Gasteiger partial charge in [-0.25, -0.2) is 4.39 Å². The molecule has 122 valence electrons. The minimum atomic E-state index is -0.299. The number of hydrogen-bond acceptors (Lipinski definition) is 3. The second-order valence-corrected chi connectivity index (χ2v) is 5.47. The van der Waals surface area contributed by atoms with Crippen LogP contribution in [0.1, 0.15) is 11.1 Å². The number of aryl methyl sites for hydroxylation is 1. The maximum absolute atomic E-state index is 12.8. The molecule has 0 fully saturated rings. The van der Waals surface area contributed by atoms with Crippen LogP contribution in [-0.2, 0) is 11.3 Å². The van der Waals surface area contributed by atoms with E-state index in [1.165, 1.54) is 12.1 Å². The van der Waals surface area contributed by atoms with E-state index < -0.39 is 0 Å². The Hall–Kier alpha value is -2.27. The topological polar surface area (TPSA) is 50.4 Å². The third-order valence-electron chi connectivity index (χ3n) is 3.32. The van der Waals surface area contributed by atoms with E-state index in [9.17, 15) is 9.18 Å². The number of ether oxygens (including phenoxy) is 1. The molecule has 0 radical (unpaired) electrons. The first-order valence-electron chi connectivity index (χ1n) is 7.08. The summed E-state index contributed by atoms with van der Waals surface area (Å²) >= 11 is 6.04. The first-order chi connectivity index (χ1) is 11.0. The number of benzene rings is 2. The van der Waals surface area contributed by atoms with Crippen molar-refractivity contribution in [1.29, 1.82) is 0 Å². The number of nitrogens with one attached hydrogen (secondary N) is 2. The fourth-order valence-electron chi connectivity index (χ4n) is 2.01. The van der Waals surface area contributed by atoms with E-state index in [0.29, 0.717) is 23.0 Å². The zero-order valence-electron chi connectivity index (χ0n) is 13.0. The summed E-state index contributed by atoms with van der Waals surface area (Å²) in [5.74, 6) is 0.0999. The van der Waals surface area contributed by atoms with Crippen molar-refractivity contribution >= 4 is 23.2 Å². The van der Waals surface area contributed by atoms with Crippen LogP contribution >= 0.6 is 11.6 Å². The highest BCUT2D eigenvalue weighted by Gasteiger charge is 2.08. The molecule has 1 amide bonds. The number of amides is 1. The monoisotopic (exact) mass is 336 g/mol. The van der Waals surface area contributed by atoms with E-state index in [0.717, 1.165) is 11.1 Å². The van der Waals surface area contributed by atoms with Gasteiger partial charge in [0.15, 0.2) is 0 Å². The number of carbonyl (C=O) groups is 1. The number of methoxy groups -OCH3 is 1. The van der Waals surface area contributed by atoms with Crippen LogP contribution in [0.2, 0.25) is 5.02 Å². The van der Waals surface area contributed by atoms with Gasteiger partial charge >= 0.3 is 0 Å². The molecule has 0 bridgehead atoms. The van der Waals surface area contributed by atoms with E-state index >= 15 is 0 Å². The quantitative estimate of drug-likeness (QED) is 0.848. The van der Waals surface area contributed by atoms with Gasteiger partial charge in [0.05, 0.1) is 19.3 Å². The second kappa shape index (κ2) is 7.83. The molecule has 2 N–H and O–H groups in total. The van der Waals surface area contributed by atoms with Gasteiger partial charge in [-0.05, 0) is 36.2 Å². The van der Waals surface area contributed by atoms with Crippen LogP contribution < -0.4 is 15.4 Å². The normalized spacial score (nSPS) is 10.3. The van der Waals surface area contributed by atoms with Gasteiger partial charge in [-0.15, -0.1) is 0 Å². The average Bonchev–Trinajstić information content (AvgIpc) is 2.55. The molecule has 2 rings (SSSR count). The first kappa shape index (κ1) is 17.1. The summed E-state index contributed by atoms with van der Waals surface area (Å²) in [4.78, 5) is 11.9. The van der Waals surface area contributed by atoms with Crippen LogP contribution in [0.5, 0.6) is 5.75 Å². The Morgan fingerprint density at radius 2 is 1.96 bits per heavy atom. The molecule has 2 aromatic rings. The SMILES string of the molecule is COc1cc(Cl)c(C)cc1NCC(=O)NCc1ccc(F)cc1. The minimum absolute atomic E-state index is 0.0959. The van der Waals surface area contributed by atoms with Gasteiger partial charge in [-0.1, -0.05) is 23.7 Å². The van der Waals surface area contributed by atoms with Crippen molar-refractivity contribution in [1.82, 2.24) is 5.32 Å². The van der Waals surface area contributed by atoms with E-state index in [-0.39, 0.29) is 18.3 Å². The van der Waals surface area contributed by atoms with Crippen molar-refractivity contribution in [2.45, 2.75) is 13.5 Å². The molecule has 0 heterocycles. The molecule has 0 unspecified atom stereocenters. The van der Waals surface area contributed by atoms with Crippen LogP contribution in [0.3, 0.4) is 0 Å². The van der Waals surface area contributed by atoms with E-state index in [1.807, 2.05) is 13.0 Å². The number of hydrogen-bond donors (Lipinski definition) is 2. The van der Waals surface area contributed by atoms with Gasteiger partial charge in [-0.2, -0.15) is 0 Å². The van der Waals surface area contributed by atoms with Crippen LogP contribution in [0.4, 0.5) is 10.1 Å². The van der Waals surface area contributed by atoms with Crippen LogP contribution in [0.25, 0.3) is 0 Å². The third kappa shape index (κ3) is 4.86. The third-order valence-corrected chi connectivity index (χ3v) is 3.73. The lowest BCUT2D eigenvalue weighted by Crippen LogP contribution is -2.29. The molecule has 0 saturated carbocycles. The summed E-state index contributed by atoms with van der Waals surface area (Å²) in [5, 5.41) is 6.39. The van der Waals surface area contributed by atoms with Crippen LogP contribution in [0.15, 0.2) is 36.4 Å². The van der Waals surface area contributed by atoms with Crippen LogP contribution in [0, 0.1) is 12.7 Å². The van der Waals surface area contributed by atoms with Crippen molar-refractivity contribution in [3.05, 3.63) is 58.4 Å². The van der Waals surface area contributed by atoms with Gasteiger partial charge in [-0.3, -0.25) is 4.79 Å². The number of halogens is 2. The Morgan fingerprint density at radius 3 is 2.61 bits per heavy atom. The zero-order chi connectivity index (χ0) is 16.8. The molecular formula is C17H18ClFN2O2. The van der Waals surface area contributed by atoms with Gasteiger partial charge in [0, 0.05) is 17.6 Å². The predicted octanol–water partition coefficient (Wildman–Crippen LogP) is 3.52. The summed E-state index contributed by atoms with van der Waals surface area (Å²) in [5.41, 5.74) is 2.42. The molecule has 0 aliphatic rings. The van der Waals surface area contributed by atoms with Gasteiger partial charge in [0.1, 0.15) is 11.6 Å². The van der Waals surface area contributed by atoms with Gasteiger partial charge in [0.25, 0.3) is 0 Å². The van der Waals surface area contributed by atoms with Gasteiger partial charge < -0.3 is 15.4 Å². The minimum Gasteiger partial charge on any atom is -0.495 e. The van der Waals surface area contributed by atoms with Crippen molar-refractivity contribution in [3.63, 3.8) is 0 Å². The Kier molecular flexibility index (Phi) is 5.82. The summed E-state index contributed by atoms with van der Waals surface area (Å²) in [6, 6.07) is 9.52. The number of carbonyl (C=O) groups excluding carboxylic acids is 1. The van der Waals surface area contributed by atoms with Crippen molar-refractivity contribution in [2.75, 3.05) is 19.0 Å². The molecule has 0 aliphatic carbocycles. The predicted molar refractivity (Wildman–Crippen MR) is 89.5 cm³/mol. The van der Waals surface area contributed by atoms with Crippen LogP contribution in [-0.4, -0.2) is 19.6 Å². The van der Waals surface area contributed by atoms with Crippen molar-refractivity contribution < 1.29 is 13.9 Å². The zero-order valence-corrected chi connectivity index (χ0v) is 13.7. The fourth-order valence-corrected chi connectivity index (χ4v) is 2.16. The molecule has 0 spiro atoms. The number of rotatable bonds is 6. The Bertz CT molecular complexity index is 690. The van der Waals surface area contributed by atoms with Crippen molar-refractivity contribution in [3.8, 4) is 5.75 Å².